The minimum Gasteiger partial charge on any atom is -0.489 e. The zero-order valence-electron chi connectivity index (χ0n) is 43.8. The summed E-state index contributed by atoms with van der Waals surface area (Å²) in [5.74, 6) is -0.361. The Kier molecular flexibility index (Phi) is 18.8. The third-order valence-electron chi connectivity index (χ3n) is 15.3. The number of nitrogens with one attached hydrogen (secondary N) is 6. The number of carbonyl (C=O) groups is 6. The SMILES string of the molecule is CN[C@@H](C)C(=O)NC(Cc1ccc(O/C=C/COc2ccc(C[C@H](NC(=O)[C@H](C)NC)C(=O)N3CCCC3C(=O)N[C@@H]3CCCc4ccccc43)cc2)cc1)C(=O)N1CCC[C@H]1C(=O)N[C@@H]1CCCc2ccccc21. The summed E-state index contributed by atoms with van der Waals surface area (Å²) in [5, 5.41) is 18.3. The van der Waals surface area contributed by atoms with Gasteiger partial charge in [-0.1, -0.05) is 72.8 Å². The number of rotatable bonds is 21. The van der Waals surface area contributed by atoms with E-state index in [1.807, 2.05) is 60.7 Å². The van der Waals surface area contributed by atoms with Crippen molar-refractivity contribution in [3.63, 3.8) is 0 Å². The van der Waals surface area contributed by atoms with Gasteiger partial charge in [-0.3, -0.25) is 28.8 Å². The smallest absolute Gasteiger partial charge is 0.246 e. The fraction of sp³-hybridized carbons (Fsp3) is 0.458. The van der Waals surface area contributed by atoms with Gasteiger partial charge in [-0.25, -0.2) is 0 Å². The Morgan fingerprint density at radius 2 is 1.01 bits per heavy atom. The molecule has 0 spiro atoms. The Hall–Kier alpha value is -7.04. The van der Waals surface area contributed by atoms with Crippen LogP contribution in [0.25, 0.3) is 0 Å². The van der Waals surface area contributed by atoms with E-state index in [1.54, 1.807) is 56.0 Å². The van der Waals surface area contributed by atoms with Crippen molar-refractivity contribution in [2.45, 2.75) is 139 Å². The van der Waals surface area contributed by atoms with E-state index < -0.39 is 36.3 Å². The molecule has 8 rings (SSSR count). The van der Waals surface area contributed by atoms with Crippen molar-refractivity contribution in [3.8, 4) is 11.5 Å². The molecule has 16 heteroatoms. The maximum Gasteiger partial charge on any atom is 0.246 e. The first kappa shape index (κ1) is 54.2. The van der Waals surface area contributed by atoms with Gasteiger partial charge in [0.2, 0.25) is 35.4 Å². The highest BCUT2D eigenvalue weighted by molar-refractivity contribution is 5.95. The third-order valence-corrected chi connectivity index (χ3v) is 15.3. The number of likely N-dealkylation sites (N-methyl/N-ethyl adjacent to an activating group) is 2. The highest BCUT2D eigenvalue weighted by Gasteiger charge is 2.41. The van der Waals surface area contributed by atoms with Crippen molar-refractivity contribution in [1.29, 1.82) is 0 Å². The highest BCUT2D eigenvalue weighted by atomic mass is 16.5. The first-order chi connectivity index (χ1) is 36.4. The zero-order chi connectivity index (χ0) is 52.8. The Bertz CT molecular complexity index is 2660. The largest absolute Gasteiger partial charge is 0.489 e. The lowest BCUT2D eigenvalue weighted by molar-refractivity contribution is -0.141. The van der Waals surface area contributed by atoms with Crippen molar-refractivity contribution in [3.05, 3.63) is 143 Å². The Morgan fingerprint density at radius 1 is 0.573 bits per heavy atom. The van der Waals surface area contributed by atoms with E-state index in [-0.39, 0.29) is 67.0 Å². The van der Waals surface area contributed by atoms with Gasteiger partial charge in [0.1, 0.15) is 42.3 Å². The molecule has 2 aliphatic heterocycles. The summed E-state index contributed by atoms with van der Waals surface area (Å²) in [4.78, 5) is 85.8. The van der Waals surface area contributed by atoms with Crippen LogP contribution in [0.1, 0.15) is 111 Å². The molecule has 398 valence electrons. The number of aryl methyl sites for hydroxylation is 2. The van der Waals surface area contributed by atoms with Crippen molar-refractivity contribution < 1.29 is 38.2 Å². The molecule has 4 aromatic rings. The normalized spacial score (nSPS) is 20.7. The van der Waals surface area contributed by atoms with Crippen LogP contribution in [0, 0.1) is 0 Å². The molecule has 2 fully saturated rings. The fourth-order valence-electron chi connectivity index (χ4n) is 10.8. The number of amides is 6. The summed E-state index contributed by atoms with van der Waals surface area (Å²) in [6.07, 6.45) is 11.8. The number of nitrogens with zero attached hydrogens (tertiary/aromatic N) is 2. The van der Waals surface area contributed by atoms with Gasteiger partial charge in [-0.2, -0.15) is 0 Å². The average Bonchev–Trinajstić information content (AvgIpc) is 4.15. The zero-order valence-corrected chi connectivity index (χ0v) is 43.8. The second kappa shape index (κ2) is 25.9. The molecule has 4 aliphatic rings. The number of hydrogen-bond donors (Lipinski definition) is 6. The van der Waals surface area contributed by atoms with E-state index in [9.17, 15) is 28.8 Å². The Labute approximate surface area is 441 Å². The first-order valence-corrected chi connectivity index (χ1v) is 26.9. The van der Waals surface area contributed by atoms with Gasteiger partial charge in [0.15, 0.2) is 0 Å². The lowest BCUT2D eigenvalue weighted by Crippen LogP contribution is -2.56. The average molecular weight is 1020 g/mol. The number of fused-ring (bicyclic) bond motifs is 2. The molecule has 2 heterocycles. The van der Waals surface area contributed by atoms with E-state index in [0.717, 1.165) is 60.8 Å². The molecular formula is C59H74N8O8. The first-order valence-electron chi connectivity index (χ1n) is 26.9. The van der Waals surface area contributed by atoms with Crippen molar-refractivity contribution in [1.82, 2.24) is 41.7 Å². The lowest BCUT2D eigenvalue weighted by atomic mass is 9.87. The number of benzene rings is 4. The van der Waals surface area contributed by atoms with E-state index >= 15 is 0 Å². The summed E-state index contributed by atoms with van der Waals surface area (Å²) in [7, 11) is 3.38. The molecule has 6 amide bonds. The lowest BCUT2D eigenvalue weighted by Gasteiger charge is -2.32. The van der Waals surface area contributed by atoms with E-state index in [2.05, 4.69) is 56.2 Å². The third kappa shape index (κ3) is 13.8. The minimum atomic E-state index is -0.889. The van der Waals surface area contributed by atoms with Gasteiger partial charge in [0.05, 0.1) is 30.4 Å². The quantitative estimate of drug-likeness (QED) is 0.0596. The van der Waals surface area contributed by atoms with Gasteiger partial charge in [0, 0.05) is 25.9 Å². The molecule has 2 unspecified atom stereocenters. The van der Waals surface area contributed by atoms with Crippen LogP contribution in [0.5, 0.6) is 11.5 Å². The van der Waals surface area contributed by atoms with Gasteiger partial charge in [-0.15, -0.1) is 0 Å². The molecule has 2 aliphatic carbocycles. The fourth-order valence-corrected chi connectivity index (χ4v) is 10.8. The topological polar surface area (TPSA) is 200 Å². The predicted octanol–water partition coefficient (Wildman–Crippen LogP) is 5.30. The molecule has 0 radical (unpaired) electrons. The Morgan fingerprint density at radius 3 is 1.47 bits per heavy atom. The number of likely N-dealkylation sites (tertiary alicyclic amines) is 2. The maximum absolute atomic E-state index is 14.3. The molecule has 8 atom stereocenters. The van der Waals surface area contributed by atoms with Gasteiger partial charge in [0.25, 0.3) is 0 Å². The highest BCUT2D eigenvalue weighted by Crippen LogP contribution is 2.32. The summed E-state index contributed by atoms with van der Waals surface area (Å²) >= 11 is 0. The van der Waals surface area contributed by atoms with Crippen LogP contribution in [-0.2, 0) is 54.5 Å². The van der Waals surface area contributed by atoms with Gasteiger partial charge < -0.3 is 51.2 Å². The molecule has 75 heavy (non-hydrogen) atoms. The van der Waals surface area contributed by atoms with Crippen LogP contribution in [-0.4, -0.2) is 115 Å². The number of carbonyl (C=O) groups excluding carboxylic acids is 6. The summed E-state index contributed by atoms with van der Waals surface area (Å²) in [5.41, 5.74) is 6.39. The van der Waals surface area contributed by atoms with Gasteiger partial charge >= 0.3 is 0 Å². The van der Waals surface area contributed by atoms with Crippen LogP contribution in [0.2, 0.25) is 0 Å². The van der Waals surface area contributed by atoms with Crippen LogP contribution in [0.4, 0.5) is 0 Å². The molecular weight excluding hydrogens is 949 g/mol. The van der Waals surface area contributed by atoms with E-state index in [1.165, 1.54) is 17.4 Å². The molecule has 2 saturated heterocycles. The summed E-state index contributed by atoms with van der Waals surface area (Å²) < 4.78 is 11.8. The summed E-state index contributed by atoms with van der Waals surface area (Å²) in [6.45, 7) is 4.53. The van der Waals surface area contributed by atoms with Crippen molar-refractivity contribution in [2.24, 2.45) is 0 Å². The maximum atomic E-state index is 14.3. The van der Waals surface area contributed by atoms with Gasteiger partial charge in [-0.05, 0) is 156 Å². The minimum absolute atomic E-state index is 0.0989. The molecule has 0 aromatic heterocycles. The second-order valence-electron chi connectivity index (χ2n) is 20.3. The monoisotopic (exact) mass is 1020 g/mol. The molecule has 4 aromatic carbocycles. The van der Waals surface area contributed by atoms with Crippen molar-refractivity contribution >= 4 is 35.4 Å². The number of ether oxygens (including phenoxy) is 2. The van der Waals surface area contributed by atoms with Crippen LogP contribution in [0.15, 0.2) is 109 Å². The molecule has 6 N–H and O–H groups in total. The molecule has 0 bridgehead atoms. The summed E-state index contributed by atoms with van der Waals surface area (Å²) in [6, 6.07) is 26.8. The van der Waals surface area contributed by atoms with Crippen LogP contribution < -0.4 is 41.4 Å². The molecule has 0 saturated carbocycles. The second-order valence-corrected chi connectivity index (χ2v) is 20.3. The van der Waals surface area contributed by atoms with Crippen LogP contribution >= 0.6 is 0 Å². The van der Waals surface area contributed by atoms with Crippen molar-refractivity contribution in [2.75, 3.05) is 33.8 Å². The number of hydrogen-bond acceptors (Lipinski definition) is 10. The standard InChI is InChI=1S/C59H74N8O8/c1-38(60-3)54(68)64-50(58(72)66-32-11-22-52(66)56(70)62-48-20-9-16-42-14-5-7-18-46(42)48)36-40-24-28-44(29-25-40)74-34-13-35-75-45-30-26-41(27-31-45)37-51(65-55(69)39(2)61-4)59(73)67-33-12-23-53(67)57(71)63-49-21-10-17-43-15-6-8-19-47(43)49/h5-8,13-15,18-19,24-31,34,38-39,48-53,60-61H,9-12,16-17,20-23,32-33,35-37H2,1-4H3,(H,62,70)(H,63,71)(H,64,68)(H,65,69)/b34-13+/t38-,39-,48+,49+,50?,51-,52-,53?/m0/s1. The van der Waals surface area contributed by atoms with E-state index in [4.69, 9.17) is 9.47 Å². The Balaban J connectivity index is 0.832. The molecule has 16 nitrogen and oxygen atoms in total. The van der Waals surface area contributed by atoms with E-state index in [0.29, 0.717) is 50.3 Å². The predicted molar refractivity (Wildman–Crippen MR) is 286 cm³/mol. The van der Waals surface area contributed by atoms with Crippen LogP contribution in [0.3, 0.4) is 0 Å².